The summed E-state index contributed by atoms with van der Waals surface area (Å²) in [6, 6.07) is 11.8. The summed E-state index contributed by atoms with van der Waals surface area (Å²) in [5.41, 5.74) is 8.37. The van der Waals surface area contributed by atoms with Crippen molar-refractivity contribution in [2.45, 2.75) is 57.3 Å². The van der Waals surface area contributed by atoms with Crippen molar-refractivity contribution in [3.63, 3.8) is 0 Å². The van der Waals surface area contributed by atoms with E-state index in [0.717, 1.165) is 11.1 Å². The molecule has 0 radical (unpaired) electrons. The van der Waals surface area contributed by atoms with Crippen LogP contribution in [0.15, 0.2) is 43.0 Å². The summed E-state index contributed by atoms with van der Waals surface area (Å²) in [4.78, 5) is 11.1. The zero-order chi connectivity index (χ0) is 18.7. The summed E-state index contributed by atoms with van der Waals surface area (Å²) in [6.07, 6.45) is 5.20. The normalized spacial score (nSPS) is 19.0. The van der Waals surface area contributed by atoms with Crippen LogP contribution in [0, 0.1) is 6.92 Å². The summed E-state index contributed by atoms with van der Waals surface area (Å²) in [5, 5.41) is 9.10. The highest BCUT2D eigenvalue weighted by atomic mass is 16.4. The third-order valence-corrected chi connectivity index (χ3v) is 6.55. The second-order valence-corrected chi connectivity index (χ2v) is 8.74. The van der Waals surface area contributed by atoms with E-state index >= 15 is 0 Å². The van der Waals surface area contributed by atoms with Gasteiger partial charge in [-0.3, -0.25) is 0 Å². The lowest BCUT2D eigenvalue weighted by Crippen LogP contribution is -2.30. The molecule has 2 aliphatic carbocycles. The number of aryl methyl sites for hydroxylation is 1. The van der Waals surface area contributed by atoms with E-state index in [-0.39, 0.29) is 5.41 Å². The van der Waals surface area contributed by atoms with E-state index in [4.69, 9.17) is 5.11 Å². The second-order valence-electron chi connectivity index (χ2n) is 8.74. The van der Waals surface area contributed by atoms with Crippen LogP contribution in [0.25, 0.3) is 5.57 Å². The standard InChI is InChI=1S/C24H26O2/c1-15-13-21-20(23(3,4)9-10-24(21)11-12-24)14-19(15)16(2)17-5-7-18(8-6-17)22(25)26/h5-8,13-14H,2,9-12H2,1,3-4H3,(H,25,26). The van der Waals surface area contributed by atoms with E-state index in [0.29, 0.717) is 11.0 Å². The number of benzene rings is 2. The molecule has 4 rings (SSSR count). The van der Waals surface area contributed by atoms with Crippen molar-refractivity contribution >= 4 is 11.5 Å². The van der Waals surface area contributed by atoms with Gasteiger partial charge in [0.15, 0.2) is 0 Å². The summed E-state index contributed by atoms with van der Waals surface area (Å²) in [6.45, 7) is 11.2. The maximum Gasteiger partial charge on any atom is 0.335 e. The predicted molar refractivity (Wildman–Crippen MR) is 106 cm³/mol. The molecular weight excluding hydrogens is 320 g/mol. The van der Waals surface area contributed by atoms with Crippen LogP contribution in [0.3, 0.4) is 0 Å². The molecule has 0 aliphatic heterocycles. The number of carboxylic acids is 1. The van der Waals surface area contributed by atoms with Crippen LogP contribution in [0.2, 0.25) is 0 Å². The first-order valence-corrected chi connectivity index (χ1v) is 9.42. The molecule has 1 fully saturated rings. The molecule has 1 saturated carbocycles. The highest BCUT2D eigenvalue weighted by Gasteiger charge is 2.50. The quantitative estimate of drug-likeness (QED) is 0.756. The Morgan fingerprint density at radius 1 is 0.962 bits per heavy atom. The molecule has 0 bridgehead atoms. The summed E-state index contributed by atoms with van der Waals surface area (Å²) in [7, 11) is 0. The average molecular weight is 346 g/mol. The number of fused-ring (bicyclic) bond motifs is 2. The third-order valence-electron chi connectivity index (χ3n) is 6.55. The Morgan fingerprint density at radius 2 is 1.54 bits per heavy atom. The Kier molecular flexibility index (Phi) is 3.66. The topological polar surface area (TPSA) is 37.3 Å². The zero-order valence-electron chi connectivity index (χ0n) is 15.9. The Bertz CT molecular complexity index is 912. The highest BCUT2D eigenvalue weighted by Crippen LogP contribution is 2.59. The molecule has 2 nitrogen and oxygen atoms in total. The van der Waals surface area contributed by atoms with Gasteiger partial charge in [0.1, 0.15) is 0 Å². The molecule has 0 atom stereocenters. The molecule has 2 aromatic carbocycles. The summed E-state index contributed by atoms with van der Waals surface area (Å²) < 4.78 is 0. The number of hydrogen-bond donors (Lipinski definition) is 1. The molecule has 0 saturated heterocycles. The molecule has 26 heavy (non-hydrogen) atoms. The van der Waals surface area contributed by atoms with Crippen molar-refractivity contribution in [3.8, 4) is 0 Å². The van der Waals surface area contributed by atoms with E-state index in [2.05, 4.69) is 39.5 Å². The fourth-order valence-corrected chi connectivity index (χ4v) is 4.49. The van der Waals surface area contributed by atoms with Crippen molar-refractivity contribution in [2.24, 2.45) is 0 Å². The summed E-state index contributed by atoms with van der Waals surface area (Å²) in [5.74, 6) is -0.899. The van der Waals surface area contributed by atoms with Gasteiger partial charge in [-0.1, -0.05) is 44.7 Å². The zero-order valence-corrected chi connectivity index (χ0v) is 15.9. The fraction of sp³-hybridized carbons (Fsp3) is 0.375. The van der Waals surface area contributed by atoms with Crippen LogP contribution < -0.4 is 0 Å². The monoisotopic (exact) mass is 346 g/mol. The van der Waals surface area contributed by atoms with Gasteiger partial charge in [-0.25, -0.2) is 4.79 Å². The number of carbonyl (C=O) groups is 1. The molecule has 2 aromatic rings. The van der Waals surface area contributed by atoms with E-state index in [1.807, 2.05) is 12.1 Å². The van der Waals surface area contributed by atoms with Crippen LogP contribution in [-0.2, 0) is 10.8 Å². The van der Waals surface area contributed by atoms with Crippen LogP contribution in [0.5, 0.6) is 0 Å². The van der Waals surface area contributed by atoms with Gasteiger partial charge in [-0.15, -0.1) is 0 Å². The molecular formula is C24H26O2. The van der Waals surface area contributed by atoms with E-state index in [9.17, 15) is 4.79 Å². The lowest BCUT2D eigenvalue weighted by molar-refractivity contribution is 0.0697. The fourth-order valence-electron chi connectivity index (χ4n) is 4.49. The molecule has 2 aliphatic rings. The SMILES string of the molecule is C=C(c1ccc(C(=O)O)cc1)c1cc2c(cc1C)C1(CCC2(C)C)CC1. The predicted octanol–water partition coefficient (Wildman–Crippen LogP) is 5.86. The van der Waals surface area contributed by atoms with Gasteiger partial charge in [0.2, 0.25) is 0 Å². The Hall–Kier alpha value is -2.35. The average Bonchev–Trinajstić information content (AvgIpc) is 3.39. The maximum absolute atomic E-state index is 11.1. The second kappa shape index (κ2) is 5.57. The lowest BCUT2D eigenvalue weighted by atomic mass is 9.66. The molecule has 134 valence electrons. The molecule has 1 spiro atoms. The van der Waals surface area contributed by atoms with Gasteiger partial charge in [-0.2, -0.15) is 0 Å². The number of hydrogen-bond acceptors (Lipinski definition) is 1. The summed E-state index contributed by atoms with van der Waals surface area (Å²) >= 11 is 0. The van der Waals surface area contributed by atoms with Crippen molar-refractivity contribution < 1.29 is 9.90 Å². The molecule has 0 amide bonds. The van der Waals surface area contributed by atoms with Gasteiger partial charge in [0.25, 0.3) is 0 Å². The Labute approximate surface area is 155 Å². The van der Waals surface area contributed by atoms with Crippen LogP contribution in [0.4, 0.5) is 0 Å². The minimum Gasteiger partial charge on any atom is -0.478 e. The lowest BCUT2D eigenvalue weighted by Gasteiger charge is -2.38. The van der Waals surface area contributed by atoms with Crippen LogP contribution >= 0.6 is 0 Å². The van der Waals surface area contributed by atoms with Gasteiger partial charge >= 0.3 is 5.97 Å². The molecule has 1 N–H and O–H groups in total. The number of aromatic carboxylic acids is 1. The Balaban J connectivity index is 1.78. The van der Waals surface area contributed by atoms with Gasteiger partial charge in [0.05, 0.1) is 5.56 Å². The first kappa shape index (κ1) is 17.1. The van der Waals surface area contributed by atoms with Gasteiger partial charge in [0, 0.05) is 0 Å². The minimum absolute atomic E-state index is 0.194. The van der Waals surface area contributed by atoms with Crippen molar-refractivity contribution in [2.75, 3.05) is 0 Å². The maximum atomic E-state index is 11.1. The third kappa shape index (κ3) is 2.59. The first-order valence-electron chi connectivity index (χ1n) is 9.42. The smallest absolute Gasteiger partial charge is 0.335 e. The van der Waals surface area contributed by atoms with Crippen molar-refractivity contribution in [3.05, 3.63) is 76.4 Å². The van der Waals surface area contributed by atoms with Gasteiger partial charge in [-0.05, 0) is 89.0 Å². The molecule has 0 aromatic heterocycles. The van der Waals surface area contributed by atoms with E-state index in [1.54, 1.807) is 17.7 Å². The highest BCUT2D eigenvalue weighted by molar-refractivity contribution is 5.89. The van der Waals surface area contributed by atoms with Crippen molar-refractivity contribution in [1.82, 2.24) is 0 Å². The molecule has 0 unspecified atom stereocenters. The molecule has 2 heteroatoms. The number of carboxylic acid groups (broad SMARTS) is 1. The Morgan fingerprint density at radius 3 is 2.12 bits per heavy atom. The largest absolute Gasteiger partial charge is 0.478 e. The van der Waals surface area contributed by atoms with Crippen LogP contribution in [0.1, 0.15) is 77.7 Å². The van der Waals surface area contributed by atoms with E-state index in [1.165, 1.54) is 42.4 Å². The molecule has 0 heterocycles. The van der Waals surface area contributed by atoms with Gasteiger partial charge < -0.3 is 5.11 Å². The van der Waals surface area contributed by atoms with Crippen molar-refractivity contribution in [1.29, 1.82) is 0 Å². The van der Waals surface area contributed by atoms with E-state index < -0.39 is 5.97 Å². The minimum atomic E-state index is -0.899. The number of rotatable bonds is 3. The van der Waals surface area contributed by atoms with Crippen LogP contribution in [-0.4, -0.2) is 11.1 Å². The first-order chi connectivity index (χ1) is 12.2.